The number of fused-ring (bicyclic) bond motifs is 1. The highest BCUT2D eigenvalue weighted by molar-refractivity contribution is 5.90. The van der Waals surface area contributed by atoms with Crippen LogP contribution in [0.5, 0.6) is 11.5 Å². The van der Waals surface area contributed by atoms with E-state index in [1.807, 2.05) is 42.5 Å². The smallest absolute Gasteiger partial charge is 0.119 e. The monoisotopic (exact) mass is 400 g/mol. The van der Waals surface area contributed by atoms with Crippen molar-refractivity contribution in [3.05, 3.63) is 78.9 Å². The Morgan fingerprint density at radius 3 is 2.30 bits per heavy atom. The van der Waals surface area contributed by atoms with E-state index >= 15 is 0 Å². The molecule has 154 valence electrons. The number of hydrogen-bond donors (Lipinski definition) is 1. The molecule has 1 aromatic heterocycles. The first-order valence-corrected chi connectivity index (χ1v) is 10.5. The van der Waals surface area contributed by atoms with Crippen LogP contribution in [-0.4, -0.2) is 40.8 Å². The van der Waals surface area contributed by atoms with Crippen LogP contribution in [-0.2, 0) is 0 Å². The van der Waals surface area contributed by atoms with Gasteiger partial charge in [-0.1, -0.05) is 44.2 Å². The summed E-state index contributed by atoms with van der Waals surface area (Å²) in [4.78, 5) is 2.35. The first-order valence-electron chi connectivity index (χ1n) is 10.5. The van der Waals surface area contributed by atoms with Gasteiger partial charge in [-0.2, -0.15) is 0 Å². The maximum absolute atomic E-state index is 9.94. The fourth-order valence-corrected chi connectivity index (χ4v) is 3.83. The van der Waals surface area contributed by atoms with Crippen LogP contribution in [0.1, 0.15) is 13.8 Å². The van der Waals surface area contributed by atoms with Gasteiger partial charge in [-0.3, -0.25) is 0 Å². The highest BCUT2D eigenvalue weighted by Gasteiger charge is 2.13. The van der Waals surface area contributed by atoms with Crippen molar-refractivity contribution >= 4 is 10.9 Å². The molecule has 0 saturated carbocycles. The maximum Gasteiger partial charge on any atom is 0.119 e. The minimum Gasteiger partial charge on any atom is -0.508 e. The Morgan fingerprint density at radius 2 is 1.60 bits per heavy atom. The average molecular weight is 401 g/mol. The fraction of sp³-hybridized carbons (Fsp3) is 0.231. The van der Waals surface area contributed by atoms with Crippen molar-refractivity contribution in [3.63, 3.8) is 0 Å². The summed E-state index contributed by atoms with van der Waals surface area (Å²) in [6, 6.07) is 26.2. The third kappa shape index (κ3) is 4.19. The lowest BCUT2D eigenvalue weighted by Crippen LogP contribution is -2.27. The van der Waals surface area contributed by atoms with Gasteiger partial charge in [-0.15, -0.1) is 0 Å². The van der Waals surface area contributed by atoms with Gasteiger partial charge in [-0.05, 0) is 67.2 Å². The quantitative estimate of drug-likeness (QED) is 0.411. The molecule has 0 radical (unpaired) electrons. The SMILES string of the molecule is CCN(CC)CCOc1ccc(-n2c(-c3ccccc3)cc3cc(O)ccc32)cc1. The van der Waals surface area contributed by atoms with E-state index < -0.39 is 0 Å². The second-order valence-corrected chi connectivity index (χ2v) is 7.34. The summed E-state index contributed by atoms with van der Waals surface area (Å²) < 4.78 is 8.17. The van der Waals surface area contributed by atoms with Gasteiger partial charge in [0.05, 0.1) is 11.2 Å². The van der Waals surface area contributed by atoms with Gasteiger partial charge in [0.2, 0.25) is 0 Å². The van der Waals surface area contributed by atoms with E-state index in [9.17, 15) is 5.11 Å². The number of ether oxygens (including phenoxy) is 1. The zero-order chi connectivity index (χ0) is 20.9. The second-order valence-electron chi connectivity index (χ2n) is 7.34. The number of rotatable bonds is 8. The lowest BCUT2D eigenvalue weighted by atomic mass is 10.1. The van der Waals surface area contributed by atoms with E-state index in [0.717, 1.165) is 53.2 Å². The number of aromatic nitrogens is 1. The number of benzene rings is 3. The molecule has 0 aliphatic carbocycles. The normalized spacial score (nSPS) is 11.3. The zero-order valence-corrected chi connectivity index (χ0v) is 17.6. The van der Waals surface area contributed by atoms with Crippen LogP contribution >= 0.6 is 0 Å². The summed E-state index contributed by atoms with van der Waals surface area (Å²) in [6.45, 7) is 8.03. The Hall–Kier alpha value is -3.24. The number of hydrogen-bond acceptors (Lipinski definition) is 3. The minimum atomic E-state index is 0.274. The Balaban J connectivity index is 1.65. The molecule has 4 aromatic rings. The second kappa shape index (κ2) is 9.06. The predicted octanol–water partition coefficient (Wildman–Crippen LogP) is 5.72. The van der Waals surface area contributed by atoms with Crippen LogP contribution in [0.4, 0.5) is 0 Å². The Bertz CT molecular complexity index is 1100. The summed E-state index contributed by atoms with van der Waals surface area (Å²) >= 11 is 0. The summed E-state index contributed by atoms with van der Waals surface area (Å²) in [6.07, 6.45) is 0. The summed E-state index contributed by atoms with van der Waals surface area (Å²) in [5.41, 5.74) is 4.34. The van der Waals surface area contributed by atoms with Crippen molar-refractivity contribution in [2.45, 2.75) is 13.8 Å². The van der Waals surface area contributed by atoms with Crippen molar-refractivity contribution in [1.29, 1.82) is 0 Å². The van der Waals surface area contributed by atoms with Crippen LogP contribution in [0.3, 0.4) is 0 Å². The minimum absolute atomic E-state index is 0.274. The molecule has 0 amide bonds. The van der Waals surface area contributed by atoms with Gasteiger partial charge in [0.25, 0.3) is 0 Å². The molecule has 0 aliphatic heterocycles. The highest BCUT2D eigenvalue weighted by atomic mass is 16.5. The molecule has 0 atom stereocenters. The van der Waals surface area contributed by atoms with Gasteiger partial charge in [-0.25, -0.2) is 0 Å². The fourth-order valence-electron chi connectivity index (χ4n) is 3.83. The zero-order valence-electron chi connectivity index (χ0n) is 17.6. The molecule has 0 spiro atoms. The first kappa shape index (κ1) is 20.0. The van der Waals surface area contributed by atoms with Crippen molar-refractivity contribution in [1.82, 2.24) is 9.47 Å². The van der Waals surface area contributed by atoms with Gasteiger partial charge in [0, 0.05) is 17.6 Å². The van der Waals surface area contributed by atoms with Crippen LogP contribution in [0.2, 0.25) is 0 Å². The van der Waals surface area contributed by atoms with E-state index in [1.54, 1.807) is 6.07 Å². The highest BCUT2D eigenvalue weighted by Crippen LogP contribution is 2.33. The summed E-state index contributed by atoms with van der Waals surface area (Å²) in [5, 5.41) is 10.9. The molecule has 4 nitrogen and oxygen atoms in total. The topological polar surface area (TPSA) is 37.6 Å². The molecule has 4 rings (SSSR count). The van der Waals surface area contributed by atoms with Crippen molar-refractivity contribution in [3.8, 4) is 28.4 Å². The molecule has 0 unspecified atom stereocenters. The molecule has 0 saturated heterocycles. The van der Waals surface area contributed by atoms with Gasteiger partial charge in [0.15, 0.2) is 0 Å². The number of likely N-dealkylation sites (N-methyl/N-ethyl adjacent to an activating group) is 1. The average Bonchev–Trinajstić information content (AvgIpc) is 3.16. The number of nitrogens with zero attached hydrogens (tertiary/aromatic N) is 2. The molecule has 0 bridgehead atoms. The van der Waals surface area contributed by atoms with Crippen LogP contribution in [0.15, 0.2) is 78.9 Å². The van der Waals surface area contributed by atoms with E-state index in [1.165, 1.54) is 0 Å². The largest absolute Gasteiger partial charge is 0.508 e. The number of phenols is 1. The van der Waals surface area contributed by atoms with Gasteiger partial charge >= 0.3 is 0 Å². The Morgan fingerprint density at radius 1 is 0.867 bits per heavy atom. The lowest BCUT2D eigenvalue weighted by Gasteiger charge is -2.18. The summed E-state index contributed by atoms with van der Waals surface area (Å²) in [5.74, 6) is 1.15. The standard InChI is InChI=1S/C26H28N2O2/c1-3-27(4-2)16-17-30-24-13-10-22(11-14-24)28-25-15-12-23(29)18-21(25)19-26(28)20-8-6-5-7-9-20/h5-15,18-19,29H,3-4,16-17H2,1-2H3. The van der Waals surface area contributed by atoms with Crippen molar-refractivity contribution < 1.29 is 9.84 Å². The Kier molecular flexibility index (Phi) is 6.05. The third-order valence-corrected chi connectivity index (χ3v) is 5.52. The molecule has 30 heavy (non-hydrogen) atoms. The number of phenolic OH excluding ortho intramolecular Hbond substituents is 1. The first-order chi connectivity index (χ1) is 14.7. The van der Waals surface area contributed by atoms with Crippen LogP contribution < -0.4 is 4.74 Å². The van der Waals surface area contributed by atoms with E-state index in [4.69, 9.17) is 4.74 Å². The van der Waals surface area contributed by atoms with Gasteiger partial charge < -0.3 is 19.3 Å². The molecular formula is C26H28N2O2. The molecule has 3 aromatic carbocycles. The number of aromatic hydroxyl groups is 1. The van der Waals surface area contributed by atoms with E-state index in [0.29, 0.717) is 6.61 Å². The molecule has 0 aliphatic rings. The lowest BCUT2D eigenvalue weighted by molar-refractivity contribution is 0.223. The molecular weight excluding hydrogens is 372 g/mol. The predicted molar refractivity (Wildman–Crippen MR) is 124 cm³/mol. The summed E-state index contributed by atoms with van der Waals surface area (Å²) in [7, 11) is 0. The maximum atomic E-state index is 9.94. The molecule has 4 heteroatoms. The van der Waals surface area contributed by atoms with Crippen LogP contribution in [0, 0.1) is 0 Å². The van der Waals surface area contributed by atoms with Crippen molar-refractivity contribution in [2.24, 2.45) is 0 Å². The molecule has 0 fully saturated rings. The molecule has 1 N–H and O–H groups in total. The van der Waals surface area contributed by atoms with Crippen molar-refractivity contribution in [2.75, 3.05) is 26.2 Å². The van der Waals surface area contributed by atoms with E-state index in [-0.39, 0.29) is 5.75 Å². The Labute approximate surface area is 178 Å². The molecule has 1 heterocycles. The van der Waals surface area contributed by atoms with Crippen LogP contribution in [0.25, 0.3) is 27.8 Å². The third-order valence-electron chi connectivity index (χ3n) is 5.52. The van der Waals surface area contributed by atoms with E-state index in [2.05, 4.69) is 53.6 Å². The van der Waals surface area contributed by atoms with Gasteiger partial charge in [0.1, 0.15) is 18.1 Å².